The maximum absolute atomic E-state index is 2.17. The summed E-state index contributed by atoms with van der Waals surface area (Å²) >= 11 is 0. The molecule has 0 radical (unpaired) electrons. The van der Waals surface area contributed by atoms with Gasteiger partial charge in [-0.25, -0.2) is 0 Å². The number of benzene rings is 1. The second-order valence-electron chi connectivity index (χ2n) is 2.05. The summed E-state index contributed by atoms with van der Waals surface area (Å²) in [6.07, 6.45) is 0. The van der Waals surface area contributed by atoms with Crippen molar-refractivity contribution in [2.75, 3.05) is 11.9 Å². The molecule has 1 aliphatic heterocycles. The number of rotatable bonds is 0. The zero-order valence-corrected chi connectivity index (χ0v) is 4.76. The number of hydrogen-bond acceptors (Lipinski definition) is 1. The van der Waals surface area contributed by atoms with Crippen LogP contribution in [0.25, 0.3) is 0 Å². The van der Waals surface area contributed by atoms with Crippen LogP contribution in [-0.2, 0) is 0 Å². The van der Waals surface area contributed by atoms with Gasteiger partial charge < -0.3 is 4.90 Å². The Balaban J connectivity index is 2.58. The van der Waals surface area contributed by atoms with E-state index in [0.717, 1.165) is 0 Å². The van der Waals surface area contributed by atoms with Gasteiger partial charge in [-0.2, -0.15) is 0 Å². The van der Waals surface area contributed by atoms with Gasteiger partial charge in [0.05, 0.1) is 11.4 Å². The van der Waals surface area contributed by atoms with Crippen LogP contribution in [0, 0.1) is 0 Å². The second kappa shape index (κ2) is 1.05. The van der Waals surface area contributed by atoms with Gasteiger partial charge in [-0.05, 0) is 12.1 Å². The predicted octanol–water partition coefficient (Wildman–Crippen LogP) is 1.77. The van der Waals surface area contributed by atoms with Crippen molar-refractivity contribution in [2.45, 2.75) is 0 Å². The molecule has 0 atom stereocenters. The molecule has 0 fully saturated rings. The summed E-state index contributed by atoms with van der Waals surface area (Å²) in [5.41, 5.74) is 2.74. The maximum atomic E-state index is 2.17. The second-order valence-corrected chi connectivity index (χ2v) is 2.05. The minimum atomic E-state index is 1.37. The van der Waals surface area contributed by atoms with E-state index in [9.17, 15) is 0 Å². The summed E-state index contributed by atoms with van der Waals surface area (Å²) in [5.74, 6) is 0. The highest BCUT2D eigenvalue weighted by molar-refractivity contribution is 5.91. The smallest absolute Gasteiger partial charge is 0.0649 e. The highest BCUT2D eigenvalue weighted by Gasteiger charge is 2.21. The molecule has 40 valence electrons. The molecule has 0 bridgehead atoms. The summed E-state index contributed by atoms with van der Waals surface area (Å²) in [4.78, 5) is 2.17. The topological polar surface area (TPSA) is 3.01 Å². The number of nitrogens with zero attached hydrogens (tertiary/aromatic N) is 1. The third-order valence-corrected chi connectivity index (χ3v) is 1.55. The van der Waals surface area contributed by atoms with Gasteiger partial charge in [-0.3, -0.25) is 0 Å². The Labute approximate surface area is 48.6 Å². The highest BCUT2D eigenvalue weighted by Crippen LogP contribution is 2.44. The van der Waals surface area contributed by atoms with Crippen LogP contribution in [-0.4, -0.2) is 7.05 Å². The molecule has 0 aromatic heterocycles. The molecule has 0 N–H and O–H groups in total. The zero-order chi connectivity index (χ0) is 5.56. The fourth-order valence-corrected chi connectivity index (χ4v) is 0.969. The number of para-hydroxylation sites is 2. The van der Waals surface area contributed by atoms with E-state index in [1.165, 1.54) is 11.4 Å². The van der Waals surface area contributed by atoms with Crippen molar-refractivity contribution < 1.29 is 0 Å². The van der Waals surface area contributed by atoms with Crippen molar-refractivity contribution in [3.8, 4) is 0 Å². The first kappa shape index (κ1) is 3.96. The lowest BCUT2D eigenvalue weighted by molar-refractivity contribution is 1.42. The molecular weight excluding hydrogens is 98.1 g/mol. The first-order chi connectivity index (χ1) is 3.89. The summed E-state index contributed by atoms with van der Waals surface area (Å²) < 4.78 is 0. The van der Waals surface area contributed by atoms with Crippen molar-refractivity contribution in [3.05, 3.63) is 24.3 Å². The Kier molecular flexibility index (Phi) is 0.519. The van der Waals surface area contributed by atoms with E-state index in [1.807, 2.05) is 0 Å². The summed E-state index contributed by atoms with van der Waals surface area (Å²) in [6.45, 7) is 0. The monoisotopic (exact) mass is 105 g/mol. The van der Waals surface area contributed by atoms with Crippen LogP contribution in [0.2, 0.25) is 0 Å². The first-order valence-corrected chi connectivity index (χ1v) is 2.72. The molecule has 0 aliphatic carbocycles. The van der Waals surface area contributed by atoms with E-state index in [-0.39, 0.29) is 0 Å². The van der Waals surface area contributed by atoms with Crippen molar-refractivity contribution in [1.29, 1.82) is 0 Å². The number of anilines is 2. The van der Waals surface area contributed by atoms with Gasteiger partial charge in [0.1, 0.15) is 0 Å². The van der Waals surface area contributed by atoms with E-state index in [0.29, 0.717) is 0 Å². The van der Waals surface area contributed by atoms with Crippen molar-refractivity contribution >= 4 is 11.4 Å². The minimum Gasteiger partial charge on any atom is -0.341 e. The average molecular weight is 105 g/mol. The molecular formula is C7H7N. The average Bonchev–Trinajstić information content (AvgIpc) is 2.46. The molecule has 0 spiro atoms. The predicted molar refractivity (Wildman–Crippen MR) is 34.5 cm³/mol. The van der Waals surface area contributed by atoms with Gasteiger partial charge in [-0.15, -0.1) is 0 Å². The molecule has 0 saturated heterocycles. The first-order valence-electron chi connectivity index (χ1n) is 2.72. The van der Waals surface area contributed by atoms with E-state index < -0.39 is 0 Å². The van der Waals surface area contributed by atoms with Crippen LogP contribution in [0.5, 0.6) is 0 Å². The van der Waals surface area contributed by atoms with Gasteiger partial charge in [0, 0.05) is 7.05 Å². The van der Waals surface area contributed by atoms with Crippen LogP contribution in [0.1, 0.15) is 0 Å². The molecule has 1 aliphatic rings. The fourth-order valence-electron chi connectivity index (χ4n) is 0.969. The molecule has 0 amide bonds. The standard InChI is InChI=1S/C7H7N/c1-8-6-4-2-3-5-7(6)8/h2-5H,1H3. The van der Waals surface area contributed by atoms with Gasteiger partial charge in [-0.1, -0.05) is 12.1 Å². The lowest BCUT2D eigenvalue weighted by Gasteiger charge is -1.79. The van der Waals surface area contributed by atoms with Crippen LogP contribution in [0.15, 0.2) is 24.3 Å². The molecule has 1 aromatic carbocycles. The summed E-state index contributed by atoms with van der Waals surface area (Å²) in [7, 11) is 2.07. The Bertz CT molecular complexity index is 194. The molecule has 2 rings (SSSR count). The van der Waals surface area contributed by atoms with Crippen molar-refractivity contribution in [1.82, 2.24) is 0 Å². The number of hydrogen-bond donors (Lipinski definition) is 0. The number of fused-ring (bicyclic) bond motifs is 1. The summed E-state index contributed by atoms with van der Waals surface area (Å²) in [6, 6.07) is 8.36. The minimum absolute atomic E-state index is 1.37. The molecule has 0 unspecified atom stereocenters. The molecule has 1 aromatic rings. The van der Waals surface area contributed by atoms with E-state index in [1.54, 1.807) is 0 Å². The molecule has 1 heteroatoms. The third kappa shape index (κ3) is 0.316. The SMILES string of the molecule is CN1c2ccccc21. The van der Waals surface area contributed by atoms with Gasteiger partial charge >= 0.3 is 0 Å². The lowest BCUT2D eigenvalue weighted by atomic mass is 10.4. The van der Waals surface area contributed by atoms with Gasteiger partial charge in [0.25, 0.3) is 0 Å². The Morgan fingerprint density at radius 1 is 1.12 bits per heavy atom. The molecule has 1 nitrogen and oxygen atoms in total. The van der Waals surface area contributed by atoms with Crippen LogP contribution >= 0.6 is 0 Å². The molecule has 8 heavy (non-hydrogen) atoms. The third-order valence-electron chi connectivity index (χ3n) is 1.55. The Hall–Kier alpha value is -0.980. The fraction of sp³-hybridized carbons (Fsp3) is 0.143. The van der Waals surface area contributed by atoms with Crippen molar-refractivity contribution in [3.63, 3.8) is 0 Å². The molecule has 1 heterocycles. The Morgan fingerprint density at radius 3 is 2.00 bits per heavy atom. The Morgan fingerprint density at radius 2 is 1.62 bits per heavy atom. The van der Waals surface area contributed by atoms with Crippen molar-refractivity contribution in [2.24, 2.45) is 0 Å². The van der Waals surface area contributed by atoms with E-state index in [2.05, 4.69) is 36.2 Å². The highest BCUT2D eigenvalue weighted by atomic mass is 15.2. The van der Waals surface area contributed by atoms with Crippen LogP contribution < -0.4 is 4.90 Å². The van der Waals surface area contributed by atoms with E-state index >= 15 is 0 Å². The largest absolute Gasteiger partial charge is 0.341 e. The molecule has 0 saturated carbocycles. The summed E-state index contributed by atoms with van der Waals surface area (Å²) in [5, 5.41) is 0. The maximum Gasteiger partial charge on any atom is 0.0649 e. The van der Waals surface area contributed by atoms with Crippen LogP contribution in [0.3, 0.4) is 0 Å². The van der Waals surface area contributed by atoms with Gasteiger partial charge in [0.15, 0.2) is 0 Å². The zero-order valence-electron chi connectivity index (χ0n) is 4.76. The van der Waals surface area contributed by atoms with E-state index in [4.69, 9.17) is 0 Å². The normalized spacial score (nSPS) is 13.4. The van der Waals surface area contributed by atoms with Crippen LogP contribution in [0.4, 0.5) is 11.4 Å². The van der Waals surface area contributed by atoms with Gasteiger partial charge in [0.2, 0.25) is 0 Å². The lowest BCUT2D eigenvalue weighted by Crippen LogP contribution is -1.81. The quantitative estimate of drug-likeness (QED) is 0.454.